The van der Waals surface area contributed by atoms with E-state index in [9.17, 15) is 0 Å². The van der Waals surface area contributed by atoms with E-state index in [1.54, 1.807) is 19.4 Å². The first-order valence-electron chi connectivity index (χ1n) is 5.57. The van der Waals surface area contributed by atoms with Crippen LogP contribution in [0.15, 0.2) is 12.3 Å². The average molecular weight is 223 g/mol. The highest BCUT2D eigenvalue weighted by atomic mass is 16.6. The number of pyridine rings is 1. The molecule has 0 atom stereocenters. The highest BCUT2D eigenvalue weighted by Gasteiger charge is 2.27. The molecule has 16 heavy (non-hydrogen) atoms. The molecular formula is C12H17NO3. The number of rotatable bonds is 5. The Bertz CT molecular complexity index is 361. The lowest BCUT2D eigenvalue weighted by atomic mass is 10.4. The van der Waals surface area contributed by atoms with Gasteiger partial charge in [-0.25, -0.2) is 4.98 Å². The minimum absolute atomic E-state index is 0.105. The smallest absolute Gasteiger partial charge is 0.260 e. The van der Waals surface area contributed by atoms with Gasteiger partial charge in [-0.2, -0.15) is 0 Å². The molecule has 0 radical (unpaired) electrons. The molecule has 0 N–H and O–H groups in total. The summed E-state index contributed by atoms with van der Waals surface area (Å²) < 4.78 is 16.6. The van der Waals surface area contributed by atoms with Crippen molar-refractivity contribution < 1.29 is 14.2 Å². The molecule has 1 aliphatic rings. The van der Waals surface area contributed by atoms with Gasteiger partial charge in [0.1, 0.15) is 0 Å². The third kappa shape index (κ3) is 2.56. The van der Waals surface area contributed by atoms with Gasteiger partial charge in [-0.1, -0.05) is 0 Å². The molecule has 0 saturated heterocycles. The Labute approximate surface area is 95.5 Å². The zero-order chi connectivity index (χ0) is 11.5. The second kappa shape index (κ2) is 4.60. The average Bonchev–Trinajstić information content (AvgIpc) is 3.03. The molecule has 0 amide bonds. The first kappa shape index (κ1) is 11.0. The van der Waals surface area contributed by atoms with E-state index in [1.807, 2.05) is 13.8 Å². The fraction of sp³-hybridized carbons (Fsp3) is 0.583. The second-order valence-corrected chi connectivity index (χ2v) is 4.13. The molecule has 2 rings (SSSR count). The summed E-state index contributed by atoms with van der Waals surface area (Å²) >= 11 is 0. The molecular weight excluding hydrogens is 206 g/mol. The van der Waals surface area contributed by atoms with Crippen LogP contribution >= 0.6 is 0 Å². The summed E-state index contributed by atoms with van der Waals surface area (Å²) in [4.78, 5) is 4.12. The molecule has 0 aliphatic heterocycles. The Morgan fingerprint density at radius 2 is 2.12 bits per heavy atom. The molecule has 0 spiro atoms. The summed E-state index contributed by atoms with van der Waals surface area (Å²) in [6.45, 7) is 3.96. The van der Waals surface area contributed by atoms with Gasteiger partial charge in [0.25, 0.3) is 5.88 Å². The molecule has 1 aromatic heterocycles. The number of hydrogen-bond acceptors (Lipinski definition) is 4. The minimum atomic E-state index is 0.105. The SMILES string of the molecule is COc1nccc(OC(C)C)c1OC1CC1. The maximum absolute atomic E-state index is 5.77. The highest BCUT2D eigenvalue weighted by Crippen LogP contribution is 2.39. The van der Waals surface area contributed by atoms with Crippen LogP contribution in [-0.2, 0) is 0 Å². The van der Waals surface area contributed by atoms with Crippen molar-refractivity contribution in [3.63, 3.8) is 0 Å². The monoisotopic (exact) mass is 223 g/mol. The third-order valence-electron chi connectivity index (χ3n) is 2.20. The lowest BCUT2D eigenvalue weighted by molar-refractivity contribution is 0.209. The van der Waals surface area contributed by atoms with Crippen LogP contribution in [0.2, 0.25) is 0 Å². The number of nitrogens with zero attached hydrogens (tertiary/aromatic N) is 1. The van der Waals surface area contributed by atoms with Crippen LogP contribution in [0.5, 0.6) is 17.4 Å². The standard InChI is InChI=1S/C12H17NO3/c1-8(2)15-10-6-7-13-12(14-3)11(10)16-9-4-5-9/h6-9H,4-5H2,1-3H3. The van der Waals surface area contributed by atoms with Crippen molar-refractivity contribution in [1.82, 2.24) is 4.98 Å². The van der Waals surface area contributed by atoms with E-state index in [-0.39, 0.29) is 6.10 Å². The van der Waals surface area contributed by atoms with E-state index in [1.165, 1.54) is 0 Å². The highest BCUT2D eigenvalue weighted by molar-refractivity contribution is 5.47. The van der Waals surface area contributed by atoms with E-state index in [0.29, 0.717) is 23.5 Å². The molecule has 4 heteroatoms. The van der Waals surface area contributed by atoms with Crippen LogP contribution in [0.1, 0.15) is 26.7 Å². The third-order valence-corrected chi connectivity index (χ3v) is 2.20. The molecule has 4 nitrogen and oxygen atoms in total. The largest absolute Gasteiger partial charge is 0.487 e. The van der Waals surface area contributed by atoms with Crippen molar-refractivity contribution in [3.8, 4) is 17.4 Å². The van der Waals surface area contributed by atoms with Gasteiger partial charge in [-0.15, -0.1) is 0 Å². The first-order chi connectivity index (χ1) is 7.70. The molecule has 88 valence electrons. The Kier molecular flexibility index (Phi) is 3.17. The van der Waals surface area contributed by atoms with Gasteiger partial charge in [-0.3, -0.25) is 0 Å². The van der Waals surface area contributed by atoms with Crippen LogP contribution in [0.25, 0.3) is 0 Å². The molecule has 1 aromatic rings. The van der Waals surface area contributed by atoms with Gasteiger partial charge < -0.3 is 14.2 Å². The summed E-state index contributed by atoms with van der Waals surface area (Å²) in [7, 11) is 1.58. The van der Waals surface area contributed by atoms with Gasteiger partial charge in [0.15, 0.2) is 5.75 Å². The quantitative estimate of drug-likeness (QED) is 0.768. The first-order valence-corrected chi connectivity index (χ1v) is 5.57. The molecule has 1 fully saturated rings. The van der Waals surface area contributed by atoms with E-state index in [0.717, 1.165) is 12.8 Å². The minimum Gasteiger partial charge on any atom is -0.487 e. The van der Waals surface area contributed by atoms with E-state index in [4.69, 9.17) is 14.2 Å². The maximum Gasteiger partial charge on any atom is 0.260 e. The summed E-state index contributed by atoms with van der Waals surface area (Å²) in [6, 6.07) is 1.81. The van der Waals surface area contributed by atoms with Crippen molar-refractivity contribution >= 4 is 0 Å². The predicted molar refractivity (Wildman–Crippen MR) is 60.2 cm³/mol. The topological polar surface area (TPSA) is 40.6 Å². The summed E-state index contributed by atoms with van der Waals surface area (Å²) in [5, 5.41) is 0. The summed E-state index contributed by atoms with van der Waals surface area (Å²) in [5.74, 6) is 1.82. The molecule has 1 aliphatic carbocycles. The number of aromatic nitrogens is 1. The van der Waals surface area contributed by atoms with Gasteiger partial charge in [-0.05, 0) is 26.7 Å². The van der Waals surface area contributed by atoms with Crippen molar-refractivity contribution in [2.45, 2.75) is 38.9 Å². The van der Waals surface area contributed by atoms with E-state index >= 15 is 0 Å². The van der Waals surface area contributed by atoms with Crippen molar-refractivity contribution in [2.75, 3.05) is 7.11 Å². The summed E-state index contributed by atoms with van der Waals surface area (Å²) in [5.41, 5.74) is 0. The lowest BCUT2D eigenvalue weighted by Gasteiger charge is -2.16. The Hall–Kier alpha value is -1.45. The van der Waals surface area contributed by atoms with E-state index < -0.39 is 0 Å². The fourth-order valence-electron chi connectivity index (χ4n) is 1.37. The van der Waals surface area contributed by atoms with Crippen molar-refractivity contribution in [3.05, 3.63) is 12.3 Å². The Balaban J connectivity index is 2.25. The zero-order valence-electron chi connectivity index (χ0n) is 9.90. The number of methoxy groups -OCH3 is 1. The number of ether oxygens (including phenoxy) is 3. The fourth-order valence-corrected chi connectivity index (χ4v) is 1.37. The van der Waals surface area contributed by atoms with Crippen molar-refractivity contribution in [1.29, 1.82) is 0 Å². The second-order valence-electron chi connectivity index (χ2n) is 4.13. The Morgan fingerprint density at radius 3 is 2.69 bits per heavy atom. The van der Waals surface area contributed by atoms with Crippen LogP contribution in [0.3, 0.4) is 0 Å². The normalized spacial score (nSPS) is 15.0. The van der Waals surface area contributed by atoms with Gasteiger partial charge in [0.2, 0.25) is 5.75 Å². The lowest BCUT2D eigenvalue weighted by Crippen LogP contribution is -2.09. The van der Waals surface area contributed by atoms with E-state index in [2.05, 4.69) is 4.98 Å². The van der Waals surface area contributed by atoms with Crippen LogP contribution in [-0.4, -0.2) is 24.3 Å². The van der Waals surface area contributed by atoms with Gasteiger partial charge in [0.05, 0.1) is 19.3 Å². The number of hydrogen-bond donors (Lipinski definition) is 0. The van der Waals surface area contributed by atoms with Gasteiger partial charge >= 0.3 is 0 Å². The zero-order valence-corrected chi connectivity index (χ0v) is 9.90. The summed E-state index contributed by atoms with van der Waals surface area (Å²) in [6.07, 6.45) is 4.26. The molecule has 0 unspecified atom stereocenters. The Morgan fingerprint density at radius 1 is 1.38 bits per heavy atom. The maximum atomic E-state index is 5.77. The predicted octanol–water partition coefficient (Wildman–Crippen LogP) is 2.42. The van der Waals surface area contributed by atoms with Crippen molar-refractivity contribution in [2.24, 2.45) is 0 Å². The van der Waals surface area contributed by atoms with Crippen LogP contribution in [0, 0.1) is 0 Å². The van der Waals surface area contributed by atoms with Crippen LogP contribution < -0.4 is 14.2 Å². The van der Waals surface area contributed by atoms with Crippen LogP contribution in [0.4, 0.5) is 0 Å². The molecule has 0 bridgehead atoms. The molecule has 1 heterocycles. The molecule has 1 saturated carbocycles. The molecule has 0 aromatic carbocycles. The van der Waals surface area contributed by atoms with Gasteiger partial charge in [0, 0.05) is 12.3 Å².